The smallest absolute Gasteiger partial charge is 0.258 e. The molecule has 140 valence electrons. The van der Waals surface area contributed by atoms with E-state index in [1.165, 1.54) is 5.56 Å². The van der Waals surface area contributed by atoms with Crippen molar-refractivity contribution in [2.24, 2.45) is 0 Å². The molecule has 2 heterocycles. The van der Waals surface area contributed by atoms with Gasteiger partial charge >= 0.3 is 0 Å². The van der Waals surface area contributed by atoms with Crippen LogP contribution in [0.25, 0.3) is 16.7 Å². The van der Waals surface area contributed by atoms with E-state index >= 15 is 0 Å². The molecule has 0 spiro atoms. The number of nitrogens with zero attached hydrogens (tertiary/aromatic N) is 4. The highest BCUT2D eigenvalue weighted by atomic mass is 35.5. The topological polar surface area (TPSA) is 72.7 Å². The summed E-state index contributed by atoms with van der Waals surface area (Å²) in [7, 11) is 0. The molecule has 1 N–H and O–H groups in total. The zero-order valence-corrected chi connectivity index (χ0v) is 16.2. The monoisotopic (exact) mass is 391 g/mol. The molecule has 7 heteroatoms. The molecule has 4 aromatic rings. The van der Waals surface area contributed by atoms with Gasteiger partial charge in [0.25, 0.3) is 5.91 Å². The molecule has 0 saturated heterocycles. The molecule has 2 aromatic heterocycles. The number of benzene rings is 2. The maximum Gasteiger partial charge on any atom is 0.258 e. The van der Waals surface area contributed by atoms with Crippen molar-refractivity contribution in [1.29, 1.82) is 0 Å². The fourth-order valence-corrected chi connectivity index (χ4v) is 3.13. The Morgan fingerprint density at radius 1 is 1.11 bits per heavy atom. The van der Waals surface area contributed by atoms with Gasteiger partial charge in [0.1, 0.15) is 16.2 Å². The summed E-state index contributed by atoms with van der Waals surface area (Å²) >= 11 is 6.02. The third-order valence-corrected chi connectivity index (χ3v) is 4.86. The van der Waals surface area contributed by atoms with Gasteiger partial charge in [-0.25, -0.2) is 4.98 Å². The minimum atomic E-state index is -0.317. The SMILES string of the molecule is CCc1ccc(-n2nc3cc(C)c(NC(=O)c4cccnc4Cl)cc3n2)cc1. The minimum Gasteiger partial charge on any atom is -0.322 e. The number of anilines is 1. The summed E-state index contributed by atoms with van der Waals surface area (Å²) in [6.07, 6.45) is 2.53. The van der Waals surface area contributed by atoms with E-state index in [4.69, 9.17) is 11.6 Å². The lowest BCUT2D eigenvalue weighted by molar-refractivity contribution is 0.102. The van der Waals surface area contributed by atoms with Crippen LogP contribution >= 0.6 is 11.6 Å². The van der Waals surface area contributed by atoms with Crippen LogP contribution in [0.1, 0.15) is 28.4 Å². The van der Waals surface area contributed by atoms with Crippen LogP contribution in [0.5, 0.6) is 0 Å². The van der Waals surface area contributed by atoms with Crippen molar-refractivity contribution in [3.8, 4) is 5.69 Å². The maximum absolute atomic E-state index is 12.5. The zero-order chi connectivity index (χ0) is 19.7. The molecule has 0 unspecified atom stereocenters. The van der Waals surface area contributed by atoms with Gasteiger partial charge in [-0.3, -0.25) is 4.79 Å². The van der Waals surface area contributed by atoms with E-state index in [1.54, 1.807) is 23.1 Å². The van der Waals surface area contributed by atoms with Crippen LogP contribution < -0.4 is 5.32 Å². The Morgan fingerprint density at radius 3 is 2.50 bits per heavy atom. The number of halogens is 1. The largest absolute Gasteiger partial charge is 0.322 e. The summed E-state index contributed by atoms with van der Waals surface area (Å²) in [4.78, 5) is 18.1. The first-order chi connectivity index (χ1) is 13.5. The average Bonchev–Trinajstić information content (AvgIpc) is 3.11. The summed E-state index contributed by atoms with van der Waals surface area (Å²) in [6, 6.07) is 15.2. The first-order valence-corrected chi connectivity index (χ1v) is 9.32. The Bertz CT molecular complexity index is 1170. The number of carbonyl (C=O) groups excluding carboxylic acids is 1. The molecule has 0 bridgehead atoms. The number of carbonyl (C=O) groups is 1. The number of hydrogen-bond acceptors (Lipinski definition) is 4. The lowest BCUT2D eigenvalue weighted by atomic mass is 10.1. The molecule has 6 nitrogen and oxygen atoms in total. The summed E-state index contributed by atoms with van der Waals surface area (Å²) in [6.45, 7) is 4.03. The van der Waals surface area contributed by atoms with Gasteiger partial charge in [0.15, 0.2) is 0 Å². The quantitative estimate of drug-likeness (QED) is 0.516. The number of fused-ring (bicyclic) bond motifs is 1. The van der Waals surface area contributed by atoms with E-state index < -0.39 is 0 Å². The Balaban J connectivity index is 1.66. The van der Waals surface area contributed by atoms with Crippen molar-refractivity contribution in [2.45, 2.75) is 20.3 Å². The fraction of sp³-hybridized carbons (Fsp3) is 0.143. The number of aryl methyl sites for hydroxylation is 2. The predicted molar refractivity (Wildman–Crippen MR) is 110 cm³/mol. The molecule has 0 aliphatic heterocycles. The number of rotatable bonds is 4. The summed E-state index contributed by atoms with van der Waals surface area (Å²) in [5.41, 5.74) is 5.46. The van der Waals surface area contributed by atoms with Gasteiger partial charge in [0, 0.05) is 11.9 Å². The first-order valence-electron chi connectivity index (χ1n) is 8.94. The number of amides is 1. The van der Waals surface area contributed by atoms with E-state index in [1.807, 2.05) is 31.2 Å². The standard InChI is InChI=1S/C21H18ClN5O/c1-3-14-6-8-15(9-7-14)27-25-18-11-13(2)17(12-19(18)26-27)24-21(28)16-5-4-10-23-20(16)22/h4-12H,3H2,1-2H3,(H,24,28). The molecule has 0 saturated carbocycles. The molecule has 28 heavy (non-hydrogen) atoms. The normalized spacial score (nSPS) is 11.0. The summed E-state index contributed by atoms with van der Waals surface area (Å²) < 4.78 is 0. The van der Waals surface area contributed by atoms with Crippen LogP contribution in [0.15, 0.2) is 54.7 Å². The second-order valence-corrected chi connectivity index (χ2v) is 6.82. The van der Waals surface area contributed by atoms with Gasteiger partial charge in [-0.1, -0.05) is 30.7 Å². The molecule has 1 amide bonds. The highest BCUT2D eigenvalue weighted by Gasteiger charge is 2.14. The number of hydrogen-bond donors (Lipinski definition) is 1. The van der Waals surface area contributed by atoms with E-state index in [-0.39, 0.29) is 11.1 Å². The van der Waals surface area contributed by atoms with Gasteiger partial charge < -0.3 is 5.32 Å². The Morgan fingerprint density at radius 2 is 1.82 bits per heavy atom. The third kappa shape index (κ3) is 3.46. The second kappa shape index (κ2) is 7.40. The molecule has 0 fully saturated rings. The molecular formula is C21H18ClN5O. The Labute approximate surface area is 167 Å². The zero-order valence-electron chi connectivity index (χ0n) is 15.5. The molecule has 0 radical (unpaired) electrons. The summed E-state index contributed by atoms with van der Waals surface area (Å²) in [5.74, 6) is -0.317. The van der Waals surface area contributed by atoms with Gasteiger partial charge in [-0.2, -0.15) is 4.80 Å². The molecule has 0 aliphatic carbocycles. The van der Waals surface area contributed by atoms with Crippen molar-refractivity contribution in [2.75, 3.05) is 5.32 Å². The molecular weight excluding hydrogens is 374 g/mol. The lowest BCUT2D eigenvalue weighted by Gasteiger charge is -2.08. The first kappa shape index (κ1) is 18.1. The van der Waals surface area contributed by atoms with E-state index in [0.29, 0.717) is 16.8 Å². The van der Waals surface area contributed by atoms with Gasteiger partial charge in [-0.15, -0.1) is 10.2 Å². The highest BCUT2D eigenvalue weighted by Crippen LogP contribution is 2.23. The number of aromatic nitrogens is 4. The summed E-state index contributed by atoms with van der Waals surface area (Å²) in [5, 5.41) is 12.2. The lowest BCUT2D eigenvalue weighted by Crippen LogP contribution is -2.13. The maximum atomic E-state index is 12.5. The Kier molecular flexibility index (Phi) is 4.79. The van der Waals surface area contributed by atoms with Crippen molar-refractivity contribution in [3.63, 3.8) is 0 Å². The van der Waals surface area contributed by atoms with Crippen molar-refractivity contribution in [3.05, 3.63) is 76.6 Å². The van der Waals surface area contributed by atoms with Crippen LogP contribution in [0, 0.1) is 6.92 Å². The van der Waals surface area contributed by atoms with Gasteiger partial charge in [0.05, 0.1) is 11.3 Å². The second-order valence-electron chi connectivity index (χ2n) is 6.46. The Hall–Kier alpha value is -3.25. The van der Waals surface area contributed by atoms with Crippen molar-refractivity contribution in [1.82, 2.24) is 20.0 Å². The van der Waals surface area contributed by atoms with Gasteiger partial charge in [-0.05, 0) is 60.9 Å². The van der Waals surface area contributed by atoms with E-state index in [2.05, 4.69) is 39.6 Å². The molecule has 4 rings (SSSR count). The minimum absolute atomic E-state index is 0.167. The van der Waals surface area contributed by atoms with Crippen molar-refractivity contribution < 1.29 is 4.79 Å². The van der Waals surface area contributed by atoms with Crippen LogP contribution in [0.3, 0.4) is 0 Å². The van der Waals surface area contributed by atoms with Crippen LogP contribution in [0.2, 0.25) is 5.15 Å². The van der Waals surface area contributed by atoms with E-state index in [9.17, 15) is 4.79 Å². The van der Waals surface area contributed by atoms with Crippen LogP contribution in [0.4, 0.5) is 5.69 Å². The number of nitrogens with one attached hydrogen (secondary N) is 1. The number of pyridine rings is 1. The van der Waals surface area contributed by atoms with Gasteiger partial charge in [0.2, 0.25) is 0 Å². The van der Waals surface area contributed by atoms with Crippen molar-refractivity contribution >= 4 is 34.2 Å². The average molecular weight is 392 g/mol. The molecule has 2 aromatic carbocycles. The molecule has 0 atom stereocenters. The fourth-order valence-electron chi connectivity index (χ4n) is 2.93. The van der Waals surface area contributed by atoms with E-state index in [0.717, 1.165) is 23.2 Å². The molecule has 0 aliphatic rings. The van der Waals surface area contributed by atoms with Crippen LogP contribution in [-0.4, -0.2) is 25.9 Å². The third-order valence-electron chi connectivity index (χ3n) is 4.55. The predicted octanol–water partition coefficient (Wildman–Crippen LogP) is 4.59. The highest BCUT2D eigenvalue weighted by molar-refractivity contribution is 6.33. The van der Waals surface area contributed by atoms with Crippen LogP contribution in [-0.2, 0) is 6.42 Å².